The lowest BCUT2D eigenvalue weighted by Gasteiger charge is -2.38. The van der Waals surface area contributed by atoms with E-state index in [1.807, 2.05) is 11.3 Å². The van der Waals surface area contributed by atoms with Gasteiger partial charge in [-0.1, -0.05) is 6.07 Å². The molecule has 0 amide bonds. The molecule has 0 saturated carbocycles. The third kappa shape index (κ3) is 3.04. The maximum absolute atomic E-state index is 6.32. The number of nitrogens with zero attached hydrogens (tertiary/aromatic N) is 2. The molecule has 116 valence electrons. The molecule has 1 aromatic rings. The smallest absolute Gasteiger partial charge is 0.0723 e. The minimum absolute atomic E-state index is 0.208. The number of hydrogen-bond donors (Lipinski definition) is 0. The molecule has 3 nitrogen and oxygen atoms in total. The molecule has 3 saturated heterocycles. The minimum Gasteiger partial charge on any atom is -0.373 e. The summed E-state index contributed by atoms with van der Waals surface area (Å²) in [4.78, 5) is 6.77. The maximum atomic E-state index is 6.32. The number of likely N-dealkylation sites (tertiary alicyclic amines) is 2. The molecule has 4 rings (SSSR count). The Morgan fingerprint density at radius 2 is 2.00 bits per heavy atom. The highest BCUT2D eigenvalue weighted by molar-refractivity contribution is 7.09. The third-order valence-corrected chi connectivity index (χ3v) is 6.43. The van der Waals surface area contributed by atoms with Gasteiger partial charge in [-0.25, -0.2) is 0 Å². The van der Waals surface area contributed by atoms with E-state index in [9.17, 15) is 0 Å². The lowest BCUT2D eigenvalue weighted by molar-refractivity contribution is -0.0451. The molecule has 0 unspecified atom stereocenters. The van der Waals surface area contributed by atoms with Gasteiger partial charge in [-0.15, -0.1) is 11.3 Å². The van der Waals surface area contributed by atoms with Crippen LogP contribution >= 0.6 is 11.3 Å². The molecular weight excluding hydrogens is 280 g/mol. The van der Waals surface area contributed by atoms with E-state index in [4.69, 9.17) is 4.74 Å². The lowest BCUT2D eigenvalue weighted by Crippen LogP contribution is -2.44. The van der Waals surface area contributed by atoms with Gasteiger partial charge in [-0.05, 0) is 56.6 Å². The highest BCUT2D eigenvalue weighted by atomic mass is 32.1. The van der Waals surface area contributed by atoms with Crippen LogP contribution in [-0.2, 0) is 11.3 Å². The van der Waals surface area contributed by atoms with Gasteiger partial charge in [-0.2, -0.15) is 0 Å². The monoisotopic (exact) mass is 306 g/mol. The van der Waals surface area contributed by atoms with Crippen LogP contribution in [0.1, 0.15) is 37.0 Å². The second kappa shape index (κ2) is 5.99. The first-order chi connectivity index (χ1) is 10.3. The van der Waals surface area contributed by atoms with Crippen LogP contribution in [-0.4, -0.2) is 54.2 Å². The SMILES string of the molecule is c1csc(CN2CCC3(CC2)C[C@@H](N2CCCC2)CO3)c1. The number of thiophene rings is 1. The van der Waals surface area contributed by atoms with Crippen molar-refractivity contribution >= 4 is 11.3 Å². The van der Waals surface area contributed by atoms with Gasteiger partial charge in [-0.3, -0.25) is 9.80 Å². The normalized spacial score (nSPS) is 30.4. The Bertz CT molecular complexity index is 447. The van der Waals surface area contributed by atoms with Crippen molar-refractivity contribution < 1.29 is 4.74 Å². The van der Waals surface area contributed by atoms with Gasteiger partial charge >= 0.3 is 0 Å². The molecule has 0 N–H and O–H groups in total. The van der Waals surface area contributed by atoms with E-state index < -0.39 is 0 Å². The molecule has 4 heteroatoms. The van der Waals surface area contributed by atoms with Crippen LogP contribution < -0.4 is 0 Å². The number of piperidine rings is 1. The Balaban J connectivity index is 1.30. The fourth-order valence-corrected chi connectivity index (χ4v) is 5.00. The topological polar surface area (TPSA) is 15.7 Å². The predicted molar refractivity (Wildman–Crippen MR) is 86.7 cm³/mol. The van der Waals surface area contributed by atoms with Crippen LogP contribution in [0.2, 0.25) is 0 Å². The maximum Gasteiger partial charge on any atom is 0.0723 e. The van der Waals surface area contributed by atoms with Crippen LogP contribution in [0.15, 0.2) is 17.5 Å². The standard InChI is InChI=1S/C17H26N2OS/c1-2-8-19(7-1)15-12-17(20-14-15)5-9-18(10-6-17)13-16-4-3-11-21-16/h3-4,11,15H,1-2,5-10,12-14H2/t15-/m1/s1. The third-order valence-electron chi connectivity index (χ3n) is 5.57. The Labute approximate surface area is 131 Å². The van der Waals surface area contributed by atoms with Crippen molar-refractivity contribution in [2.24, 2.45) is 0 Å². The molecule has 21 heavy (non-hydrogen) atoms. The molecule has 3 aliphatic rings. The summed E-state index contributed by atoms with van der Waals surface area (Å²) in [5.74, 6) is 0. The van der Waals surface area contributed by atoms with E-state index in [2.05, 4.69) is 27.3 Å². The fourth-order valence-electron chi connectivity index (χ4n) is 4.25. The molecule has 1 atom stereocenters. The zero-order chi connectivity index (χ0) is 14.1. The number of ether oxygens (including phenoxy) is 1. The second-order valence-electron chi connectivity index (χ2n) is 6.95. The Morgan fingerprint density at radius 3 is 2.71 bits per heavy atom. The van der Waals surface area contributed by atoms with Gasteiger partial charge in [0.25, 0.3) is 0 Å². The van der Waals surface area contributed by atoms with Crippen molar-refractivity contribution in [2.45, 2.75) is 50.3 Å². The first kappa shape index (κ1) is 14.2. The van der Waals surface area contributed by atoms with E-state index in [-0.39, 0.29) is 5.60 Å². The summed E-state index contributed by atoms with van der Waals surface area (Å²) in [5.41, 5.74) is 0.208. The Morgan fingerprint density at radius 1 is 1.19 bits per heavy atom. The summed E-state index contributed by atoms with van der Waals surface area (Å²) >= 11 is 1.88. The molecule has 1 spiro atoms. The van der Waals surface area contributed by atoms with E-state index in [0.29, 0.717) is 6.04 Å². The van der Waals surface area contributed by atoms with Gasteiger partial charge in [0.1, 0.15) is 0 Å². The van der Waals surface area contributed by atoms with Crippen molar-refractivity contribution in [1.29, 1.82) is 0 Å². The average molecular weight is 306 g/mol. The zero-order valence-electron chi connectivity index (χ0n) is 12.8. The second-order valence-corrected chi connectivity index (χ2v) is 7.98. The van der Waals surface area contributed by atoms with Gasteiger partial charge in [0, 0.05) is 30.6 Å². The van der Waals surface area contributed by atoms with E-state index in [1.54, 1.807) is 0 Å². The van der Waals surface area contributed by atoms with Crippen molar-refractivity contribution in [3.63, 3.8) is 0 Å². The summed E-state index contributed by atoms with van der Waals surface area (Å²) in [5, 5.41) is 2.18. The van der Waals surface area contributed by atoms with Crippen molar-refractivity contribution in [3.8, 4) is 0 Å². The summed E-state index contributed by atoms with van der Waals surface area (Å²) in [6, 6.07) is 5.12. The summed E-state index contributed by atoms with van der Waals surface area (Å²) < 4.78 is 6.32. The molecule has 1 aromatic heterocycles. The van der Waals surface area contributed by atoms with Gasteiger partial charge in [0.15, 0.2) is 0 Å². The molecular formula is C17H26N2OS. The first-order valence-corrected chi connectivity index (χ1v) is 9.34. The summed E-state index contributed by atoms with van der Waals surface area (Å²) in [7, 11) is 0. The molecule has 0 radical (unpaired) electrons. The van der Waals surface area contributed by atoms with Gasteiger partial charge in [0.05, 0.1) is 12.2 Å². The molecule has 3 aliphatic heterocycles. The first-order valence-electron chi connectivity index (χ1n) is 8.46. The quantitative estimate of drug-likeness (QED) is 0.854. The largest absolute Gasteiger partial charge is 0.373 e. The molecule has 3 fully saturated rings. The molecule has 4 heterocycles. The van der Waals surface area contributed by atoms with E-state index in [0.717, 1.165) is 13.2 Å². The summed E-state index contributed by atoms with van der Waals surface area (Å²) in [6.45, 7) is 7.10. The lowest BCUT2D eigenvalue weighted by atomic mass is 9.87. The average Bonchev–Trinajstić information content (AvgIpc) is 3.23. The number of hydrogen-bond acceptors (Lipinski definition) is 4. The van der Waals surface area contributed by atoms with Crippen molar-refractivity contribution in [3.05, 3.63) is 22.4 Å². The van der Waals surface area contributed by atoms with E-state index in [1.165, 1.54) is 63.2 Å². The van der Waals surface area contributed by atoms with Crippen LogP contribution in [0.25, 0.3) is 0 Å². The Hall–Kier alpha value is -0.420. The predicted octanol–water partition coefficient (Wildman–Crippen LogP) is 2.97. The van der Waals surface area contributed by atoms with Crippen molar-refractivity contribution in [1.82, 2.24) is 9.80 Å². The molecule has 0 aliphatic carbocycles. The zero-order valence-corrected chi connectivity index (χ0v) is 13.6. The van der Waals surface area contributed by atoms with E-state index >= 15 is 0 Å². The molecule has 0 aromatic carbocycles. The van der Waals surface area contributed by atoms with Crippen LogP contribution in [0.4, 0.5) is 0 Å². The van der Waals surface area contributed by atoms with Gasteiger partial charge < -0.3 is 4.74 Å². The van der Waals surface area contributed by atoms with Crippen molar-refractivity contribution in [2.75, 3.05) is 32.8 Å². The molecule has 0 bridgehead atoms. The van der Waals surface area contributed by atoms with Gasteiger partial charge in [0.2, 0.25) is 0 Å². The van der Waals surface area contributed by atoms with Crippen LogP contribution in [0.3, 0.4) is 0 Å². The minimum atomic E-state index is 0.208. The summed E-state index contributed by atoms with van der Waals surface area (Å²) in [6.07, 6.45) is 6.50. The van der Waals surface area contributed by atoms with Crippen LogP contribution in [0, 0.1) is 0 Å². The fraction of sp³-hybridized carbons (Fsp3) is 0.765. The number of rotatable bonds is 3. The highest BCUT2D eigenvalue weighted by Gasteiger charge is 2.44. The highest BCUT2D eigenvalue weighted by Crippen LogP contribution is 2.38. The van der Waals surface area contributed by atoms with Crippen LogP contribution in [0.5, 0.6) is 0 Å². The Kier molecular flexibility index (Phi) is 4.05.